The number of carbonyl (C=O) groups is 1. The number of rotatable bonds is 6. The van der Waals surface area contributed by atoms with Gasteiger partial charge in [0.25, 0.3) is 0 Å². The molecule has 0 spiro atoms. The minimum atomic E-state index is -0.0637. The Labute approximate surface area is 102 Å². The average molecular weight is 236 g/mol. The molecule has 0 saturated carbocycles. The zero-order valence-electron chi connectivity index (χ0n) is 10.4. The molecule has 0 saturated heterocycles. The predicted octanol–water partition coefficient (Wildman–Crippen LogP) is 1.87. The molecule has 0 radical (unpaired) electrons. The summed E-state index contributed by atoms with van der Waals surface area (Å²) < 4.78 is 4.90. The van der Waals surface area contributed by atoms with Crippen LogP contribution in [0.25, 0.3) is 0 Å². The predicted molar refractivity (Wildman–Crippen MR) is 68.5 cm³/mol. The third-order valence-electron chi connectivity index (χ3n) is 2.59. The van der Waals surface area contributed by atoms with Gasteiger partial charge in [0, 0.05) is 25.8 Å². The first-order chi connectivity index (χ1) is 8.15. The molecule has 3 N–H and O–H groups in total. The van der Waals surface area contributed by atoms with Crippen molar-refractivity contribution in [1.82, 2.24) is 5.32 Å². The maximum absolute atomic E-state index is 11.6. The summed E-state index contributed by atoms with van der Waals surface area (Å²) in [6.45, 7) is 2.54. The van der Waals surface area contributed by atoms with E-state index >= 15 is 0 Å². The normalized spacial score (nSPS) is 12.1. The van der Waals surface area contributed by atoms with Crippen molar-refractivity contribution >= 4 is 11.6 Å². The Hall–Kier alpha value is -1.55. The van der Waals surface area contributed by atoms with Crippen LogP contribution in [0.15, 0.2) is 24.3 Å². The van der Waals surface area contributed by atoms with Gasteiger partial charge in [-0.25, -0.2) is 0 Å². The molecule has 0 aromatic heterocycles. The summed E-state index contributed by atoms with van der Waals surface area (Å²) in [5.74, 6) is 0.0257. The Balaban J connectivity index is 2.46. The molecule has 1 atom stereocenters. The van der Waals surface area contributed by atoms with E-state index in [1.54, 1.807) is 7.11 Å². The molecule has 1 rings (SSSR count). The zero-order valence-corrected chi connectivity index (χ0v) is 10.4. The number of anilines is 1. The van der Waals surface area contributed by atoms with Gasteiger partial charge in [0.15, 0.2) is 0 Å². The molecule has 1 aromatic carbocycles. The molecule has 4 nitrogen and oxygen atoms in total. The zero-order chi connectivity index (χ0) is 12.7. The lowest BCUT2D eigenvalue weighted by molar-refractivity contribution is -0.122. The fraction of sp³-hybridized carbons (Fsp3) is 0.462. The van der Waals surface area contributed by atoms with E-state index in [4.69, 9.17) is 10.5 Å². The topological polar surface area (TPSA) is 64.3 Å². The van der Waals surface area contributed by atoms with E-state index in [9.17, 15) is 4.79 Å². The lowest BCUT2D eigenvalue weighted by atomic mass is 10.1. The van der Waals surface area contributed by atoms with E-state index in [1.807, 2.05) is 31.2 Å². The van der Waals surface area contributed by atoms with Crippen LogP contribution in [-0.4, -0.2) is 19.6 Å². The van der Waals surface area contributed by atoms with Gasteiger partial charge in [0.2, 0.25) is 5.91 Å². The molecule has 94 valence electrons. The number of nitrogens with two attached hydrogens (primary N) is 1. The molecule has 0 heterocycles. The molecule has 17 heavy (non-hydrogen) atoms. The second kappa shape index (κ2) is 6.91. The number of carbonyl (C=O) groups excluding carboxylic acids is 1. The summed E-state index contributed by atoms with van der Waals surface area (Å²) in [5.41, 5.74) is 7.50. The van der Waals surface area contributed by atoms with Crippen LogP contribution in [0.2, 0.25) is 0 Å². The Morgan fingerprint density at radius 3 is 2.82 bits per heavy atom. The lowest BCUT2D eigenvalue weighted by Gasteiger charge is -2.16. The van der Waals surface area contributed by atoms with Crippen molar-refractivity contribution in [2.45, 2.75) is 25.8 Å². The maximum atomic E-state index is 11.6. The minimum absolute atomic E-state index is 0.0257. The first kappa shape index (κ1) is 13.5. The van der Waals surface area contributed by atoms with Gasteiger partial charge in [-0.15, -0.1) is 0 Å². The summed E-state index contributed by atoms with van der Waals surface area (Å²) >= 11 is 0. The molecule has 0 aliphatic rings. The van der Waals surface area contributed by atoms with Gasteiger partial charge < -0.3 is 15.8 Å². The van der Waals surface area contributed by atoms with Crippen molar-refractivity contribution in [3.05, 3.63) is 29.8 Å². The van der Waals surface area contributed by atoms with E-state index in [2.05, 4.69) is 5.32 Å². The Bertz CT molecular complexity index is 366. The van der Waals surface area contributed by atoms with Crippen LogP contribution < -0.4 is 11.1 Å². The van der Waals surface area contributed by atoms with Crippen molar-refractivity contribution in [1.29, 1.82) is 0 Å². The summed E-state index contributed by atoms with van der Waals surface area (Å²) in [5, 5.41) is 2.92. The molecule has 1 aromatic rings. The molecule has 0 aliphatic carbocycles. The fourth-order valence-electron chi connectivity index (χ4n) is 1.67. The van der Waals surface area contributed by atoms with Crippen molar-refractivity contribution in [2.75, 3.05) is 19.5 Å². The number of nitrogen functional groups attached to an aromatic ring is 1. The van der Waals surface area contributed by atoms with Crippen LogP contribution in [0.5, 0.6) is 0 Å². The molecule has 4 heteroatoms. The third-order valence-corrected chi connectivity index (χ3v) is 2.59. The highest BCUT2D eigenvalue weighted by Crippen LogP contribution is 2.19. The molecular weight excluding hydrogens is 216 g/mol. The van der Waals surface area contributed by atoms with E-state index in [0.29, 0.717) is 18.7 Å². The second-order valence-electron chi connectivity index (χ2n) is 4.01. The van der Waals surface area contributed by atoms with Crippen LogP contribution in [0, 0.1) is 0 Å². The highest BCUT2D eigenvalue weighted by Gasteiger charge is 2.11. The van der Waals surface area contributed by atoms with E-state index in [0.717, 1.165) is 12.0 Å². The summed E-state index contributed by atoms with van der Waals surface area (Å²) in [6, 6.07) is 7.50. The van der Waals surface area contributed by atoms with Gasteiger partial charge in [0.1, 0.15) is 0 Å². The van der Waals surface area contributed by atoms with Gasteiger partial charge in [-0.2, -0.15) is 0 Å². The summed E-state index contributed by atoms with van der Waals surface area (Å²) in [7, 11) is 1.63. The summed E-state index contributed by atoms with van der Waals surface area (Å²) in [6.07, 6.45) is 1.21. The maximum Gasteiger partial charge on any atom is 0.220 e. The first-order valence-electron chi connectivity index (χ1n) is 5.78. The molecule has 0 fully saturated rings. The highest BCUT2D eigenvalue weighted by molar-refractivity contribution is 5.76. The van der Waals surface area contributed by atoms with Crippen molar-refractivity contribution in [3.63, 3.8) is 0 Å². The quantitative estimate of drug-likeness (QED) is 0.585. The average Bonchev–Trinajstić information content (AvgIpc) is 2.29. The number of para-hydroxylation sites is 1. The summed E-state index contributed by atoms with van der Waals surface area (Å²) in [4.78, 5) is 11.6. The fourth-order valence-corrected chi connectivity index (χ4v) is 1.67. The van der Waals surface area contributed by atoms with E-state index < -0.39 is 0 Å². The van der Waals surface area contributed by atoms with Crippen LogP contribution in [0.4, 0.5) is 5.69 Å². The van der Waals surface area contributed by atoms with Gasteiger partial charge in [-0.05, 0) is 25.0 Å². The highest BCUT2D eigenvalue weighted by atomic mass is 16.5. The van der Waals surface area contributed by atoms with Gasteiger partial charge in [0.05, 0.1) is 6.04 Å². The molecule has 0 bridgehead atoms. The number of hydrogen-bond donors (Lipinski definition) is 2. The van der Waals surface area contributed by atoms with Crippen molar-refractivity contribution in [3.8, 4) is 0 Å². The van der Waals surface area contributed by atoms with Gasteiger partial charge >= 0.3 is 0 Å². The third kappa shape index (κ3) is 4.44. The smallest absolute Gasteiger partial charge is 0.220 e. The van der Waals surface area contributed by atoms with Crippen LogP contribution in [0.3, 0.4) is 0 Å². The Kier molecular flexibility index (Phi) is 5.49. The van der Waals surface area contributed by atoms with Gasteiger partial charge in [-0.3, -0.25) is 4.79 Å². The van der Waals surface area contributed by atoms with Crippen LogP contribution >= 0.6 is 0 Å². The van der Waals surface area contributed by atoms with Gasteiger partial charge in [-0.1, -0.05) is 18.2 Å². The number of methoxy groups -OCH3 is 1. The molecule has 0 aliphatic heterocycles. The number of amides is 1. The molecule has 1 unspecified atom stereocenters. The number of ether oxygens (including phenoxy) is 1. The molecule has 1 amide bonds. The standard InChI is InChI=1S/C13H20N2O2/c1-10(11-6-3-4-7-12(11)14)15-13(16)8-5-9-17-2/h3-4,6-7,10H,5,8-9,14H2,1-2H3,(H,15,16). The van der Waals surface area contributed by atoms with Crippen molar-refractivity contribution < 1.29 is 9.53 Å². The van der Waals surface area contributed by atoms with E-state index in [1.165, 1.54) is 0 Å². The van der Waals surface area contributed by atoms with E-state index in [-0.39, 0.29) is 11.9 Å². The number of hydrogen-bond acceptors (Lipinski definition) is 3. The Morgan fingerprint density at radius 1 is 1.47 bits per heavy atom. The lowest BCUT2D eigenvalue weighted by Crippen LogP contribution is -2.27. The number of benzene rings is 1. The van der Waals surface area contributed by atoms with Crippen LogP contribution in [-0.2, 0) is 9.53 Å². The largest absolute Gasteiger partial charge is 0.398 e. The SMILES string of the molecule is COCCCC(=O)NC(C)c1ccccc1N. The monoisotopic (exact) mass is 236 g/mol. The number of nitrogens with one attached hydrogen (secondary N) is 1. The minimum Gasteiger partial charge on any atom is -0.398 e. The van der Waals surface area contributed by atoms with Crippen molar-refractivity contribution in [2.24, 2.45) is 0 Å². The first-order valence-corrected chi connectivity index (χ1v) is 5.78. The second-order valence-corrected chi connectivity index (χ2v) is 4.01. The van der Waals surface area contributed by atoms with Crippen LogP contribution in [0.1, 0.15) is 31.4 Å². The Morgan fingerprint density at radius 2 is 2.18 bits per heavy atom. The molecular formula is C13H20N2O2.